The third kappa shape index (κ3) is 3.39. The molecule has 1 aliphatic rings. The fraction of sp³-hybridized carbons (Fsp3) is 0.600. The Labute approximate surface area is 114 Å². The van der Waals surface area contributed by atoms with Crippen molar-refractivity contribution in [1.82, 2.24) is 4.90 Å². The van der Waals surface area contributed by atoms with Gasteiger partial charge >= 0.3 is 0 Å². The van der Waals surface area contributed by atoms with Crippen molar-refractivity contribution in [3.05, 3.63) is 23.8 Å². The van der Waals surface area contributed by atoms with Gasteiger partial charge in [-0.05, 0) is 45.0 Å². The number of aliphatic hydroxyl groups is 1. The Morgan fingerprint density at radius 3 is 2.58 bits per heavy atom. The third-order valence-electron chi connectivity index (χ3n) is 3.51. The number of nitrogens with zero attached hydrogens (tertiary/aromatic N) is 1. The van der Waals surface area contributed by atoms with Crippen LogP contribution in [-0.2, 0) is 5.60 Å². The van der Waals surface area contributed by atoms with Gasteiger partial charge in [0.2, 0.25) is 0 Å². The first kappa shape index (κ1) is 14.2. The minimum Gasteiger partial charge on any atom is -0.493 e. The lowest BCUT2D eigenvalue weighted by Gasteiger charge is -2.21. The summed E-state index contributed by atoms with van der Waals surface area (Å²) in [4.78, 5) is 2.25. The number of ether oxygens (including phenoxy) is 2. The molecular weight excluding hydrogens is 242 g/mol. The van der Waals surface area contributed by atoms with Gasteiger partial charge in [0.25, 0.3) is 0 Å². The molecule has 1 aliphatic heterocycles. The molecule has 4 nitrogen and oxygen atoms in total. The van der Waals surface area contributed by atoms with E-state index >= 15 is 0 Å². The summed E-state index contributed by atoms with van der Waals surface area (Å²) in [5.41, 5.74) is -0.0559. The highest BCUT2D eigenvalue weighted by Gasteiger charge is 2.23. The number of hydrogen-bond acceptors (Lipinski definition) is 4. The quantitative estimate of drug-likeness (QED) is 0.904. The monoisotopic (exact) mass is 265 g/mol. The lowest BCUT2D eigenvalue weighted by molar-refractivity contribution is 0.0781. The summed E-state index contributed by atoms with van der Waals surface area (Å²) in [5.74, 6) is 1.42. The predicted octanol–water partition coefficient (Wildman–Crippen LogP) is 2.01. The van der Waals surface area contributed by atoms with Crippen molar-refractivity contribution in [1.29, 1.82) is 0 Å². The first-order valence-electron chi connectivity index (χ1n) is 6.66. The molecule has 0 radical (unpaired) electrons. The van der Waals surface area contributed by atoms with Crippen LogP contribution in [0, 0.1) is 0 Å². The summed E-state index contributed by atoms with van der Waals surface area (Å²) >= 11 is 0. The second-order valence-electron chi connectivity index (χ2n) is 5.72. The summed E-state index contributed by atoms with van der Waals surface area (Å²) in [6, 6.07) is 5.61. The molecule has 0 amide bonds. The van der Waals surface area contributed by atoms with E-state index in [9.17, 15) is 5.11 Å². The summed E-state index contributed by atoms with van der Waals surface area (Å²) in [7, 11) is 3.72. The van der Waals surface area contributed by atoms with Crippen molar-refractivity contribution >= 4 is 0 Å². The molecule has 106 valence electrons. The van der Waals surface area contributed by atoms with Crippen molar-refractivity contribution in [3.8, 4) is 11.5 Å². The third-order valence-corrected chi connectivity index (χ3v) is 3.51. The second-order valence-corrected chi connectivity index (χ2v) is 5.72. The van der Waals surface area contributed by atoms with Gasteiger partial charge in [-0.2, -0.15) is 0 Å². The molecule has 4 heteroatoms. The zero-order valence-corrected chi connectivity index (χ0v) is 12.1. The van der Waals surface area contributed by atoms with Crippen LogP contribution in [0.15, 0.2) is 18.2 Å². The number of hydrogen-bond donors (Lipinski definition) is 1. The van der Waals surface area contributed by atoms with E-state index in [0.29, 0.717) is 5.75 Å². The maximum atomic E-state index is 10.0. The fourth-order valence-corrected chi connectivity index (χ4v) is 2.32. The summed E-state index contributed by atoms with van der Waals surface area (Å²) in [6.45, 7) is 5.52. The molecule has 1 unspecified atom stereocenters. The average Bonchev–Trinajstić information content (AvgIpc) is 2.74. The summed E-state index contributed by atoms with van der Waals surface area (Å²) in [6.07, 6.45) is 1.25. The van der Waals surface area contributed by atoms with E-state index in [-0.39, 0.29) is 6.10 Å². The summed E-state index contributed by atoms with van der Waals surface area (Å²) in [5, 5.41) is 10.0. The normalized spacial score (nSPS) is 20.6. The van der Waals surface area contributed by atoms with Gasteiger partial charge in [-0.25, -0.2) is 0 Å². The van der Waals surface area contributed by atoms with E-state index in [1.54, 1.807) is 21.0 Å². The van der Waals surface area contributed by atoms with Crippen LogP contribution in [0.5, 0.6) is 11.5 Å². The standard InChI is InChI=1S/C15H23NO3/c1-15(2,17)11-5-6-13(14(9-11)18-4)19-12-7-8-16(3)10-12/h5-6,9,12,17H,7-8,10H2,1-4H3. The van der Waals surface area contributed by atoms with Crippen molar-refractivity contribution in [3.63, 3.8) is 0 Å². The lowest BCUT2D eigenvalue weighted by atomic mass is 9.98. The van der Waals surface area contributed by atoms with Crippen molar-refractivity contribution in [2.45, 2.75) is 32.0 Å². The maximum absolute atomic E-state index is 10.0. The molecule has 1 saturated heterocycles. The molecule has 1 heterocycles. The largest absolute Gasteiger partial charge is 0.493 e. The highest BCUT2D eigenvalue weighted by atomic mass is 16.5. The highest BCUT2D eigenvalue weighted by molar-refractivity contribution is 5.44. The molecule has 1 N–H and O–H groups in total. The van der Waals surface area contributed by atoms with E-state index in [2.05, 4.69) is 11.9 Å². The number of methoxy groups -OCH3 is 1. The Balaban J connectivity index is 2.17. The fourth-order valence-electron chi connectivity index (χ4n) is 2.32. The van der Waals surface area contributed by atoms with E-state index in [4.69, 9.17) is 9.47 Å². The van der Waals surface area contributed by atoms with Crippen molar-refractivity contribution < 1.29 is 14.6 Å². The van der Waals surface area contributed by atoms with Crippen LogP contribution in [0.1, 0.15) is 25.8 Å². The molecule has 1 aromatic rings. The Morgan fingerprint density at radius 2 is 2.05 bits per heavy atom. The molecule has 1 aromatic carbocycles. The van der Waals surface area contributed by atoms with Gasteiger partial charge in [0.15, 0.2) is 11.5 Å². The van der Waals surface area contributed by atoms with Gasteiger partial charge in [-0.1, -0.05) is 6.07 Å². The molecule has 19 heavy (non-hydrogen) atoms. The number of rotatable bonds is 4. The first-order chi connectivity index (χ1) is 8.90. The predicted molar refractivity (Wildman–Crippen MR) is 74.8 cm³/mol. The van der Waals surface area contributed by atoms with Crippen molar-refractivity contribution in [2.75, 3.05) is 27.2 Å². The van der Waals surface area contributed by atoms with E-state index < -0.39 is 5.60 Å². The van der Waals surface area contributed by atoms with Gasteiger partial charge < -0.3 is 19.5 Å². The first-order valence-corrected chi connectivity index (χ1v) is 6.66. The van der Waals surface area contributed by atoms with Crippen LogP contribution in [0.25, 0.3) is 0 Å². The molecule has 0 bridgehead atoms. The Bertz CT molecular complexity index is 440. The molecule has 1 atom stereocenters. The molecule has 1 fully saturated rings. The SMILES string of the molecule is COc1cc(C(C)(C)O)ccc1OC1CCN(C)C1. The second kappa shape index (κ2) is 5.39. The minimum absolute atomic E-state index is 0.215. The van der Waals surface area contributed by atoms with E-state index in [1.807, 2.05) is 18.2 Å². The van der Waals surface area contributed by atoms with E-state index in [1.165, 1.54) is 0 Å². The van der Waals surface area contributed by atoms with Gasteiger partial charge in [0.1, 0.15) is 6.10 Å². The molecule has 0 aliphatic carbocycles. The van der Waals surface area contributed by atoms with Crippen LogP contribution in [0.2, 0.25) is 0 Å². The molecule has 0 spiro atoms. The Morgan fingerprint density at radius 1 is 1.32 bits per heavy atom. The van der Waals surface area contributed by atoms with Crippen LogP contribution < -0.4 is 9.47 Å². The molecule has 0 aromatic heterocycles. The van der Waals surface area contributed by atoms with Gasteiger partial charge in [0.05, 0.1) is 12.7 Å². The Kier molecular flexibility index (Phi) is 4.02. The Hall–Kier alpha value is -1.26. The van der Waals surface area contributed by atoms with Crippen LogP contribution >= 0.6 is 0 Å². The summed E-state index contributed by atoms with van der Waals surface area (Å²) < 4.78 is 11.4. The van der Waals surface area contributed by atoms with Gasteiger partial charge in [0, 0.05) is 13.1 Å². The average molecular weight is 265 g/mol. The van der Waals surface area contributed by atoms with Gasteiger partial charge in [-0.3, -0.25) is 0 Å². The topological polar surface area (TPSA) is 41.9 Å². The number of benzene rings is 1. The van der Waals surface area contributed by atoms with Gasteiger partial charge in [-0.15, -0.1) is 0 Å². The van der Waals surface area contributed by atoms with E-state index in [0.717, 1.165) is 30.8 Å². The van der Waals surface area contributed by atoms with Crippen LogP contribution in [-0.4, -0.2) is 43.4 Å². The zero-order chi connectivity index (χ0) is 14.0. The van der Waals surface area contributed by atoms with Crippen LogP contribution in [0.4, 0.5) is 0 Å². The van der Waals surface area contributed by atoms with Crippen molar-refractivity contribution in [2.24, 2.45) is 0 Å². The minimum atomic E-state index is -0.876. The lowest BCUT2D eigenvalue weighted by Crippen LogP contribution is -2.22. The zero-order valence-electron chi connectivity index (χ0n) is 12.1. The molecule has 2 rings (SSSR count). The van der Waals surface area contributed by atoms with Crippen LogP contribution in [0.3, 0.4) is 0 Å². The number of likely N-dealkylation sites (N-methyl/N-ethyl adjacent to an activating group) is 1. The highest BCUT2D eigenvalue weighted by Crippen LogP contribution is 2.33. The molecular formula is C15H23NO3. The smallest absolute Gasteiger partial charge is 0.161 e. The molecule has 0 saturated carbocycles. The maximum Gasteiger partial charge on any atom is 0.161 e. The number of likely N-dealkylation sites (tertiary alicyclic amines) is 1.